The van der Waals surface area contributed by atoms with Crippen molar-refractivity contribution >= 4 is 21.5 Å². The number of benzene rings is 2. The molecule has 0 saturated heterocycles. The van der Waals surface area contributed by atoms with Crippen molar-refractivity contribution in [2.75, 3.05) is 42.4 Å². The Hall–Kier alpha value is -3.45. The van der Waals surface area contributed by atoms with Crippen molar-refractivity contribution in [2.24, 2.45) is 0 Å². The van der Waals surface area contributed by atoms with Crippen molar-refractivity contribution in [3.63, 3.8) is 0 Å². The quantitative estimate of drug-likeness (QED) is 0.429. The molecule has 0 unspecified atom stereocenters. The molecule has 0 spiro atoms. The third kappa shape index (κ3) is 6.32. The highest BCUT2D eigenvalue weighted by Gasteiger charge is 2.25. The number of nitrogens with zero attached hydrogens (tertiary/aromatic N) is 4. The van der Waals surface area contributed by atoms with Gasteiger partial charge in [0.25, 0.3) is 0 Å². The Kier molecular flexibility index (Phi) is 8.60. The summed E-state index contributed by atoms with van der Waals surface area (Å²) >= 11 is 0. The standard InChI is InChI=1S/C25H28N4O4S/c1-34(32,33)23-16-24(28(12-14-30)18-20-8-4-2-5-9-20)27-25(22(23)17-26)29(13-15-31)19-21-10-6-3-7-11-21/h2-11,16,30-31H,12-15,18-19H2,1H3. The van der Waals surface area contributed by atoms with Gasteiger partial charge in [-0.25, -0.2) is 13.4 Å². The fourth-order valence-electron chi connectivity index (χ4n) is 3.67. The highest BCUT2D eigenvalue weighted by atomic mass is 32.2. The number of hydrogen-bond acceptors (Lipinski definition) is 8. The number of sulfone groups is 1. The van der Waals surface area contributed by atoms with E-state index in [4.69, 9.17) is 4.98 Å². The minimum Gasteiger partial charge on any atom is -0.395 e. The molecule has 3 rings (SSSR count). The summed E-state index contributed by atoms with van der Waals surface area (Å²) in [6.07, 6.45) is 1.05. The van der Waals surface area contributed by atoms with Gasteiger partial charge in [-0.15, -0.1) is 0 Å². The summed E-state index contributed by atoms with van der Waals surface area (Å²) in [7, 11) is -3.77. The number of rotatable bonds is 11. The Labute approximate surface area is 200 Å². The van der Waals surface area contributed by atoms with Crippen LogP contribution in [0.4, 0.5) is 11.6 Å². The topological polar surface area (TPSA) is 118 Å². The fraction of sp³-hybridized carbons (Fsp3) is 0.280. The molecule has 9 heteroatoms. The van der Waals surface area contributed by atoms with Crippen LogP contribution in [-0.2, 0) is 22.9 Å². The van der Waals surface area contributed by atoms with Gasteiger partial charge in [0.15, 0.2) is 15.7 Å². The second-order valence-corrected chi connectivity index (χ2v) is 9.81. The molecule has 3 aromatic rings. The summed E-state index contributed by atoms with van der Waals surface area (Å²) in [6, 6.07) is 22.4. The van der Waals surface area contributed by atoms with Crippen molar-refractivity contribution in [3.05, 3.63) is 83.4 Å². The Morgan fingerprint density at radius 1 is 0.882 bits per heavy atom. The maximum atomic E-state index is 12.7. The summed E-state index contributed by atoms with van der Waals surface area (Å²) in [6.45, 7) is 0.720. The van der Waals surface area contributed by atoms with Crippen LogP contribution in [0.5, 0.6) is 0 Å². The summed E-state index contributed by atoms with van der Waals surface area (Å²) in [4.78, 5) is 8.03. The summed E-state index contributed by atoms with van der Waals surface area (Å²) < 4.78 is 25.4. The van der Waals surface area contributed by atoms with Gasteiger partial charge in [0.2, 0.25) is 0 Å². The molecular weight excluding hydrogens is 452 g/mol. The van der Waals surface area contributed by atoms with E-state index in [-0.39, 0.29) is 42.6 Å². The molecule has 2 aromatic carbocycles. The molecule has 2 N–H and O–H groups in total. The third-order valence-electron chi connectivity index (χ3n) is 5.26. The van der Waals surface area contributed by atoms with Crippen LogP contribution in [0.25, 0.3) is 0 Å². The molecule has 1 aromatic heterocycles. The lowest BCUT2D eigenvalue weighted by atomic mass is 10.1. The van der Waals surface area contributed by atoms with Crippen LogP contribution < -0.4 is 9.80 Å². The SMILES string of the molecule is CS(=O)(=O)c1cc(N(CCO)Cc2ccccc2)nc(N(CCO)Cc2ccccc2)c1C#N. The first kappa shape index (κ1) is 25.2. The lowest BCUT2D eigenvalue weighted by molar-refractivity contribution is 0.300. The summed E-state index contributed by atoms with van der Waals surface area (Å²) in [5.41, 5.74) is 1.81. The molecule has 34 heavy (non-hydrogen) atoms. The van der Waals surface area contributed by atoms with Crippen LogP contribution in [0, 0.1) is 11.3 Å². The average Bonchev–Trinajstić information content (AvgIpc) is 2.83. The van der Waals surface area contributed by atoms with E-state index in [1.807, 2.05) is 66.7 Å². The second-order valence-electron chi connectivity index (χ2n) is 7.82. The highest BCUT2D eigenvalue weighted by molar-refractivity contribution is 7.90. The molecule has 0 saturated carbocycles. The Morgan fingerprint density at radius 3 is 1.85 bits per heavy atom. The number of anilines is 2. The van der Waals surface area contributed by atoms with E-state index in [9.17, 15) is 23.9 Å². The normalized spacial score (nSPS) is 11.1. The molecular formula is C25H28N4O4S. The first-order chi connectivity index (χ1) is 16.4. The first-order valence-corrected chi connectivity index (χ1v) is 12.7. The number of aliphatic hydroxyl groups is 2. The zero-order chi connectivity index (χ0) is 24.6. The van der Waals surface area contributed by atoms with Crippen molar-refractivity contribution in [3.8, 4) is 6.07 Å². The Bertz CT molecular complexity index is 1230. The van der Waals surface area contributed by atoms with Gasteiger partial charge in [0, 0.05) is 38.5 Å². The minimum atomic E-state index is -3.77. The van der Waals surface area contributed by atoms with Crippen molar-refractivity contribution in [2.45, 2.75) is 18.0 Å². The number of nitriles is 1. The van der Waals surface area contributed by atoms with Gasteiger partial charge in [0.1, 0.15) is 17.5 Å². The van der Waals surface area contributed by atoms with E-state index >= 15 is 0 Å². The Balaban J connectivity index is 2.17. The Morgan fingerprint density at radius 2 is 1.38 bits per heavy atom. The fourth-order valence-corrected chi connectivity index (χ4v) is 4.50. The average molecular weight is 481 g/mol. The predicted octanol–water partition coefficient (Wildman–Crippen LogP) is 2.35. The maximum Gasteiger partial charge on any atom is 0.177 e. The third-order valence-corrected chi connectivity index (χ3v) is 6.38. The molecule has 0 fully saturated rings. The molecule has 1 heterocycles. The van der Waals surface area contributed by atoms with Gasteiger partial charge in [-0.05, 0) is 11.1 Å². The molecule has 0 aliphatic carbocycles. The largest absolute Gasteiger partial charge is 0.395 e. The number of aromatic nitrogens is 1. The lowest BCUT2D eigenvalue weighted by Crippen LogP contribution is -2.31. The zero-order valence-corrected chi connectivity index (χ0v) is 19.8. The smallest absolute Gasteiger partial charge is 0.177 e. The van der Waals surface area contributed by atoms with Gasteiger partial charge >= 0.3 is 0 Å². The minimum absolute atomic E-state index is 0.0701. The molecule has 0 bridgehead atoms. The number of pyridine rings is 1. The number of aliphatic hydroxyl groups excluding tert-OH is 2. The lowest BCUT2D eigenvalue weighted by Gasteiger charge is -2.29. The van der Waals surface area contributed by atoms with E-state index in [1.165, 1.54) is 6.07 Å². The summed E-state index contributed by atoms with van der Waals surface area (Å²) in [5.74, 6) is 0.498. The van der Waals surface area contributed by atoms with E-state index < -0.39 is 9.84 Å². The van der Waals surface area contributed by atoms with Crippen LogP contribution in [0.3, 0.4) is 0 Å². The molecule has 0 aliphatic heterocycles. The van der Waals surface area contributed by atoms with Crippen molar-refractivity contribution in [1.82, 2.24) is 4.98 Å². The van der Waals surface area contributed by atoms with Crippen molar-refractivity contribution in [1.29, 1.82) is 5.26 Å². The second kappa shape index (κ2) is 11.6. The van der Waals surface area contributed by atoms with Crippen molar-refractivity contribution < 1.29 is 18.6 Å². The monoisotopic (exact) mass is 480 g/mol. The van der Waals surface area contributed by atoms with Crippen LogP contribution in [-0.4, -0.2) is 56.2 Å². The van der Waals surface area contributed by atoms with Gasteiger partial charge in [-0.3, -0.25) is 0 Å². The highest BCUT2D eigenvalue weighted by Crippen LogP contribution is 2.31. The van der Waals surface area contributed by atoms with Crippen LogP contribution in [0.2, 0.25) is 0 Å². The van der Waals surface area contributed by atoms with E-state index in [0.29, 0.717) is 18.9 Å². The molecule has 0 radical (unpaired) electrons. The molecule has 0 amide bonds. The first-order valence-electron chi connectivity index (χ1n) is 10.8. The van der Waals surface area contributed by atoms with Crippen LogP contribution >= 0.6 is 0 Å². The maximum absolute atomic E-state index is 12.7. The van der Waals surface area contributed by atoms with Gasteiger partial charge in [-0.2, -0.15) is 5.26 Å². The predicted molar refractivity (Wildman–Crippen MR) is 131 cm³/mol. The van der Waals surface area contributed by atoms with E-state index in [0.717, 1.165) is 17.4 Å². The van der Waals surface area contributed by atoms with Crippen LogP contribution in [0.15, 0.2) is 71.6 Å². The summed E-state index contributed by atoms with van der Waals surface area (Å²) in [5, 5.41) is 29.3. The zero-order valence-electron chi connectivity index (χ0n) is 19.0. The van der Waals surface area contributed by atoms with Crippen LogP contribution in [0.1, 0.15) is 16.7 Å². The van der Waals surface area contributed by atoms with E-state index in [2.05, 4.69) is 0 Å². The van der Waals surface area contributed by atoms with Gasteiger partial charge in [-0.1, -0.05) is 60.7 Å². The number of hydrogen-bond donors (Lipinski definition) is 2. The van der Waals surface area contributed by atoms with Gasteiger partial charge < -0.3 is 20.0 Å². The molecule has 0 atom stereocenters. The molecule has 8 nitrogen and oxygen atoms in total. The molecule has 178 valence electrons. The van der Waals surface area contributed by atoms with E-state index in [1.54, 1.807) is 9.80 Å². The molecule has 0 aliphatic rings. The van der Waals surface area contributed by atoms with Gasteiger partial charge in [0.05, 0.1) is 18.1 Å².